The van der Waals surface area contributed by atoms with Crippen LogP contribution in [0.15, 0.2) is 30.9 Å². The molecule has 0 N–H and O–H groups in total. The SMILES string of the molecule is C=CC(C)(CC1Cc2cc(C)ccc2O1)C(=O)OCC. The summed E-state index contributed by atoms with van der Waals surface area (Å²) in [6.45, 7) is 9.91. The quantitative estimate of drug-likeness (QED) is 0.609. The Labute approximate surface area is 120 Å². The smallest absolute Gasteiger partial charge is 0.315 e. The highest BCUT2D eigenvalue weighted by Gasteiger charge is 2.37. The molecule has 1 aliphatic rings. The number of esters is 1. The van der Waals surface area contributed by atoms with E-state index in [0.29, 0.717) is 13.0 Å². The van der Waals surface area contributed by atoms with Gasteiger partial charge in [0.2, 0.25) is 0 Å². The van der Waals surface area contributed by atoms with Gasteiger partial charge in [-0.2, -0.15) is 0 Å². The minimum atomic E-state index is -0.697. The zero-order valence-corrected chi connectivity index (χ0v) is 12.4. The van der Waals surface area contributed by atoms with E-state index in [2.05, 4.69) is 19.6 Å². The molecule has 0 radical (unpaired) electrons. The maximum Gasteiger partial charge on any atom is 0.315 e. The lowest BCUT2D eigenvalue weighted by Gasteiger charge is -2.26. The number of ether oxygens (including phenoxy) is 2. The summed E-state index contributed by atoms with van der Waals surface area (Å²) in [7, 11) is 0. The summed E-state index contributed by atoms with van der Waals surface area (Å²) in [4.78, 5) is 12.1. The Balaban J connectivity index is 2.08. The fourth-order valence-electron chi connectivity index (χ4n) is 2.58. The number of fused-ring (bicyclic) bond motifs is 1. The summed E-state index contributed by atoms with van der Waals surface area (Å²) in [5.74, 6) is 0.696. The van der Waals surface area contributed by atoms with Gasteiger partial charge in [-0.1, -0.05) is 23.8 Å². The molecule has 1 aromatic carbocycles. The molecule has 20 heavy (non-hydrogen) atoms. The van der Waals surface area contributed by atoms with Crippen molar-refractivity contribution in [2.75, 3.05) is 6.61 Å². The highest BCUT2D eigenvalue weighted by Crippen LogP contribution is 2.36. The summed E-state index contributed by atoms with van der Waals surface area (Å²) in [6.07, 6.45) is 3.09. The second-order valence-electron chi connectivity index (χ2n) is 5.60. The molecule has 3 heteroatoms. The lowest BCUT2D eigenvalue weighted by atomic mass is 9.83. The van der Waals surface area contributed by atoms with Crippen LogP contribution in [0, 0.1) is 12.3 Å². The third kappa shape index (κ3) is 2.87. The molecule has 2 unspecified atom stereocenters. The molecule has 0 aliphatic carbocycles. The molecule has 0 saturated heterocycles. The number of hydrogen-bond donors (Lipinski definition) is 0. The highest BCUT2D eigenvalue weighted by molar-refractivity contribution is 5.78. The molecule has 0 saturated carbocycles. The lowest BCUT2D eigenvalue weighted by molar-refractivity contribution is -0.152. The van der Waals surface area contributed by atoms with Crippen molar-refractivity contribution in [1.82, 2.24) is 0 Å². The van der Waals surface area contributed by atoms with Gasteiger partial charge >= 0.3 is 5.97 Å². The first-order valence-corrected chi connectivity index (χ1v) is 7.05. The lowest BCUT2D eigenvalue weighted by Crippen LogP contribution is -2.33. The van der Waals surface area contributed by atoms with Crippen LogP contribution >= 0.6 is 0 Å². The molecule has 0 spiro atoms. The Bertz CT molecular complexity index is 521. The Morgan fingerprint density at radius 2 is 2.35 bits per heavy atom. The van der Waals surface area contributed by atoms with Gasteiger partial charge in [-0.25, -0.2) is 0 Å². The van der Waals surface area contributed by atoms with E-state index in [1.807, 2.05) is 26.0 Å². The normalized spacial score (nSPS) is 19.6. The third-order valence-electron chi connectivity index (χ3n) is 3.80. The standard InChI is InChI=1S/C17H22O3/c1-5-17(4,16(18)19-6-2)11-14-10-13-9-12(3)7-8-15(13)20-14/h5,7-9,14H,1,6,10-11H2,2-4H3. The third-order valence-corrected chi connectivity index (χ3v) is 3.80. The number of carbonyl (C=O) groups is 1. The molecule has 108 valence electrons. The predicted molar refractivity (Wildman–Crippen MR) is 78.9 cm³/mol. The Morgan fingerprint density at radius 3 is 3.00 bits per heavy atom. The minimum Gasteiger partial charge on any atom is -0.490 e. The fourth-order valence-corrected chi connectivity index (χ4v) is 2.58. The maximum absolute atomic E-state index is 12.1. The Hall–Kier alpha value is -1.77. The largest absolute Gasteiger partial charge is 0.490 e. The second-order valence-corrected chi connectivity index (χ2v) is 5.60. The summed E-state index contributed by atoms with van der Waals surface area (Å²) in [5, 5.41) is 0. The average molecular weight is 274 g/mol. The van der Waals surface area contributed by atoms with Crippen molar-refractivity contribution in [3.63, 3.8) is 0 Å². The van der Waals surface area contributed by atoms with Crippen LogP contribution in [-0.2, 0) is 16.0 Å². The van der Waals surface area contributed by atoms with Crippen LogP contribution < -0.4 is 4.74 Å². The molecule has 0 bridgehead atoms. The van der Waals surface area contributed by atoms with E-state index in [4.69, 9.17) is 9.47 Å². The van der Waals surface area contributed by atoms with E-state index in [0.717, 1.165) is 12.2 Å². The minimum absolute atomic E-state index is 0.000735. The van der Waals surface area contributed by atoms with Gasteiger partial charge in [-0.15, -0.1) is 6.58 Å². The van der Waals surface area contributed by atoms with Crippen LogP contribution in [0.4, 0.5) is 0 Å². The maximum atomic E-state index is 12.1. The molecular formula is C17H22O3. The first kappa shape index (κ1) is 14.6. The van der Waals surface area contributed by atoms with E-state index >= 15 is 0 Å². The van der Waals surface area contributed by atoms with Crippen molar-refractivity contribution in [3.8, 4) is 5.75 Å². The van der Waals surface area contributed by atoms with Gasteiger partial charge in [0.05, 0.1) is 12.0 Å². The number of benzene rings is 1. The van der Waals surface area contributed by atoms with E-state index in [1.54, 1.807) is 6.08 Å². The van der Waals surface area contributed by atoms with Crippen molar-refractivity contribution in [1.29, 1.82) is 0 Å². The first-order valence-electron chi connectivity index (χ1n) is 7.05. The molecule has 3 nitrogen and oxygen atoms in total. The first-order chi connectivity index (χ1) is 9.48. The Kier molecular flexibility index (Phi) is 4.17. The van der Waals surface area contributed by atoms with Gasteiger partial charge in [0, 0.05) is 12.8 Å². The van der Waals surface area contributed by atoms with Crippen molar-refractivity contribution in [3.05, 3.63) is 42.0 Å². The number of hydrogen-bond acceptors (Lipinski definition) is 3. The van der Waals surface area contributed by atoms with Crippen molar-refractivity contribution < 1.29 is 14.3 Å². The van der Waals surface area contributed by atoms with Crippen LogP contribution in [-0.4, -0.2) is 18.7 Å². The van der Waals surface area contributed by atoms with Gasteiger partial charge in [0.25, 0.3) is 0 Å². The topological polar surface area (TPSA) is 35.5 Å². The highest BCUT2D eigenvalue weighted by atomic mass is 16.5. The van der Waals surface area contributed by atoms with Crippen LogP contribution in [0.3, 0.4) is 0 Å². The zero-order valence-electron chi connectivity index (χ0n) is 12.4. The second kappa shape index (κ2) is 5.70. The predicted octanol–water partition coefficient (Wildman–Crippen LogP) is 3.44. The van der Waals surface area contributed by atoms with E-state index in [-0.39, 0.29) is 12.1 Å². The monoisotopic (exact) mass is 274 g/mol. The molecule has 0 fully saturated rings. The number of rotatable bonds is 5. The van der Waals surface area contributed by atoms with Crippen molar-refractivity contribution >= 4 is 5.97 Å². The van der Waals surface area contributed by atoms with Gasteiger partial charge in [0.15, 0.2) is 0 Å². The average Bonchev–Trinajstić information content (AvgIpc) is 2.79. The molecule has 0 amide bonds. The summed E-state index contributed by atoms with van der Waals surface area (Å²) in [5.41, 5.74) is 1.74. The molecule has 0 aromatic heterocycles. The van der Waals surface area contributed by atoms with Crippen LogP contribution in [0.1, 0.15) is 31.4 Å². The fraction of sp³-hybridized carbons (Fsp3) is 0.471. The van der Waals surface area contributed by atoms with Crippen LogP contribution in [0.5, 0.6) is 5.75 Å². The van der Waals surface area contributed by atoms with Crippen LogP contribution in [0.25, 0.3) is 0 Å². The van der Waals surface area contributed by atoms with Crippen molar-refractivity contribution in [2.45, 2.75) is 39.7 Å². The number of aryl methyl sites for hydroxylation is 1. The summed E-state index contributed by atoms with van der Waals surface area (Å²) in [6, 6.07) is 6.19. The van der Waals surface area contributed by atoms with Gasteiger partial charge in [-0.05, 0) is 32.4 Å². The molecule has 1 heterocycles. The van der Waals surface area contributed by atoms with E-state index in [1.165, 1.54) is 11.1 Å². The summed E-state index contributed by atoms with van der Waals surface area (Å²) >= 11 is 0. The molecule has 1 aromatic rings. The number of carbonyl (C=O) groups excluding carboxylic acids is 1. The van der Waals surface area contributed by atoms with E-state index in [9.17, 15) is 4.79 Å². The molecule has 2 atom stereocenters. The van der Waals surface area contributed by atoms with E-state index < -0.39 is 5.41 Å². The van der Waals surface area contributed by atoms with Crippen LogP contribution in [0.2, 0.25) is 0 Å². The molecule has 1 aliphatic heterocycles. The van der Waals surface area contributed by atoms with Gasteiger partial charge in [0.1, 0.15) is 11.9 Å². The van der Waals surface area contributed by atoms with Gasteiger partial charge < -0.3 is 9.47 Å². The zero-order chi connectivity index (χ0) is 14.8. The Morgan fingerprint density at radius 1 is 1.60 bits per heavy atom. The summed E-state index contributed by atoms with van der Waals surface area (Å²) < 4.78 is 11.1. The van der Waals surface area contributed by atoms with Gasteiger partial charge in [-0.3, -0.25) is 4.79 Å². The van der Waals surface area contributed by atoms with Crippen molar-refractivity contribution in [2.24, 2.45) is 5.41 Å². The molecule has 2 rings (SSSR count). The molecular weight excluding hydrogens is 252 g/mol.